The summed E-state index contributed by atoms with van der Waals surface area (Å²) in [6.45, 7) is 5.61. The van der Waals surface area contributed by atoms with Crippen LogP contribution in [0.1, 0.15) is 20.3 Å². The normalized spacial score (nSPS) is 22.1. The Morgan fingerprint density at radius 2 is 2.00 bits per heavy atom. The van der Waals surface area contributed by atoms with Crippen LogP contribution >= 0.6 is 0 Å². The van der Waals surface area contributed by atoms with Crippen LogP contribution in [0.5, 0.6) is 0 Å². The van der Waals surface area contributed by atoms with Crippen molar-refractivity contribution in [1.82, 2.24) is 15.5 Å². The van der Waals surface area contributed by atoms with E-state index in [0.29, 0.717) is 13.0 Å². The van der Waals surface area contributed by atoms with Crippen LogP contribution in [0, 0.1) is 11.3 Å². The average molecular weight is 283 g/mol. The Labute approximate surface area is 120 Å². The molecule has 6 heteroatoms. The number of carboxylic acids is 1. The molecular weight excluding hydrogens is 258 g/mol. The molecule has 0 heterocycles. The van der Waals surface area contributed by atoms with Crippen LogP contribution in [0.4, 0.5) is 4.79 Å². The van der Waals surface area contributed by atoms with E-state index in [2.05, 4.69) is 29.4 Å². The molecule has 2 amide bonds. The molecule has 0 aromatic carbocycles. The van der Waals surface area contributed by atoms with Gasteiger partial charge in [0, 0.05) is 13.1 Å². The fourth-order valence-corrected chi connectivity index (χ4v) is 2.44. The van der Waals surface area contributed by atoms with Gasteiger partial charge in [0.15, 0.2) is 0 Å². The fourth-order valence-electron chi connectivity index (χ4n) is 2.44. The van der Waals surface area contributed by atoms with E-state index in [1.165, 1.54) is 0 Å². The molecule has 0 fully saturated rings. The summed E-state index contributed by atoms with van der Waals surface area (Å²) in [4.78, 5) is 24.7. The molecule has 1 aliphatic carbocycles. The topological polar surface area (TPSA) is 81.7 Å². The van der Waals surface area contributed by atoms with Gasteiger partial charge in [-0.2, -0.15) is 0 Å². The van der Waals surface area contributed by atoms with Crippen LogP contribution in [0.15, 0.2) is 12.2 Å². The van der Waals surface area contributed by atoms with Crippen molar-refractivity contribution in [1.29, 1.82) is 0 Å². The molecule has 0 saturated carbocycles. The smallest absolute Gasteiger partial charge is 0.315 e. The van der Waals surface area contributed by atoms with Crippen LogP contribution in [-0.4, -0.2) is 55.2 Å². The molecule has 20 heavy (non-hydrogen) atoms. The summed E-state index contributed by atoms with van der Waals surface area (Å²) in [5, 5.41) is 14.5. The van der Waals surface area contributed by atoms with Crippen molar-refractivity contribution in [3.05, 3.63) is 12.2 Å². The highest BCUT2D eigenvalue weighted by molar-refractivity contribution is 5.76. The Morgan fingerprint density at radius 1 is 1.35 bits per heavy atom. The summed E-state index contributed by atoms with van der Waals surface area (Å²) in [6, 6.07) is -0.453. The lowest BCUT2D eigenvalue weighted by atomic mass is 9.93. The Bertz CT molecular complexity index is 391. The average Bonchev–Trinajstić information content (AvgIpc) is 2.73. The molecule has 0 aromatic rings. The molecule has 2 unspecified atom stereocenters. The first-order valence-electron chi connectivity index (χ1n) is 6.80. The van der Waals surface area contributed by atoms with Gasteiger partial charge in [-0.3, -0.25) is 4.79 Å². The molecular formula is C14H25N3O3. The number of carbonyl (C=O) groups is 2. The van der Waals surface area contributed by atoms with E-state index in [1.807, 2.05) is 14.1 Å². The Balaban J connectivity index is 2.31. The van der Waals surface area contributed by atoms with E-state index in [9.17, 15) is 9.59 Å². The van der Waals surface area contributed by atoms with E-state index < -0.39 is 11.9 Å². The summed E-state index contributed by atoms with van der Waals surface area (Å²) < 4.78 is 0. The van der Waals surface area contributed by atoms with Gasteiger partial charge < -0.3 is 20.6 Å². The number of carbonyl (C=O) groups excluding carboxylic acids is 1. The first kappa shape index (κ1) is 16.5. The number of carboxylic acid groups (broad SMARTS) is 1. The quantitative estimate of drug-likeness (QED) is 0.633. The van der Waals surface area contributed by atoms with Crippen molar-refractivity contribution < 1.29 is 14.7 Å². The molecule has 1 rings (SSSR count). The van der Waals surface area contributed by atoms with Crippen LogP contribution in [-0.2, 0) is 4.79 Å². The van der Waals surface area contributed by atoms with Crippen molar-refractivity contribution in [3.8, 4) is 0 Å². The largest absolute Gasteiger partial charge is 0.481 e. The monoisotopic (exact) mass is 283 g/mol. The lowest BCUT2D eigenvalue weighted by Crippen LogP contribution is -2.46. The van der Waals surface area contributed by atoms with Gasteiger partial charge in [-0.15, -0.1) is 0 Å². The summed E-state index contributed by atoms with van der Waals surface area (Å²) in [5.41, 5.74) is -0.0179. The van der Waals surface area contributed by atoms with E-state index in [0.717, 1.165) is 6.54 Å². The minimum absolute atomic E-state index is 0.0179. The van der Waals surface area contributed by atoms with Crippen molar-refractivity contribution in [2.75, 3.05) is 27.2 Å². The van der Waals surface area contributed by atoms with Gasteiger partial charge in [-0.25, -0.2) is 4.79 Å². The van der Waals surface area contributed by atoms with E-state index in [1.54, 1.807) is 12.2 Å². The van der Waals surface area contributed by atoms with E-state index >= 15 is 0 Å². The van der Waals surface area contributed by atoms with Crippen molar-refractivity contribution in [2.24, 2.45) is 11.3 Å². The van der Waals surface area contributed by atoms with Gasteiger partial charge in [-0.1, -0.05) is 26.0 Å². The zero-order valence-electron chi connectivity index (χ0n) is 12.6. The number of hydrogen-bond acceptors (Lipinski definition) is 3. The standard InChI is InChI=1S/C14H25N3O3/c1-14(2,9-17(3)4)8-15-13(20)16-11-6-5-10(7-11)12(18)19/h5-6,10-11H,7-9H2,1-4H3,(H,18,19)(H2,15,16,20). The Hall–Kier alpha value is -1.56. The van der Waals surface area contributed by atoms with Crippen molar-refractivity contribution in [2.45, 2.75) is 26.3 Å². The SMILES string of the molecule is CN(C)CC(C)(C)CNC(=O)NC1C=CC(C(=O)O)C1. The van der Waals surface area contributed by atoms with Gasteiger partial charge in [-0.05, 0) is 25.9 Å². The lowest BCUT2D eigenvalue weighted by Gasteiger charge is -2.28. The molecule has 114 valence electrons. The molecule has 6 nitrogen and oxygen atoms in total. The van der Waals surface area contributed by atoms with Crippen LogP contribution in [0.2, 0.25) is 0 Å². The number of hydrogen-bond donors (Lipinski definition) is 3. The highest BCUT2D eigenvalue weighted by atomic mass is 16.4. The lowest BCUT2D eigenvalue weighted by molar-refractivity contribution is -0.140. The second-order valence-corrected chi connectivity index (χ2v) is 6.40. The maximum atomic E-state index is 11.8. The number of nitrogens with one attached hydrogen (secondary N) is 2. The highest BCUT2D eigenvalue weighted by Crippen LogP contribution is 2.18. The Kier molecular flexibility index (Phi) is 5.56. The predicted molar refractivity (Wildman–Crippen MR) is 77.5 cm³/mol. The minimum Gasteiger partial charge on any atom is -0.481 e. The number of urea groups is 1. The fraction of sp³-hybridized carbons (Fsp3) is 0.714. The van der Waals surface area contributed by atoms with E-state index in [4.69, 9.17) is 5.11 Å². The van der Waals surface area contributed by atoms with Crippen LogP contribution < -0.4 is 10.6 Å². The molecule has 3 N–H and O–H groups in total. The van der Waals surface area contributed by atoms with Crippen molar-refractivity contribution in [3.63, 3.8) is 0 Å². The number of aliphatic carboxylic acids is 1. The molecule has 0 saturated heterocycles. The van der Waals surface area contributed by atoms with Crippen LogP contribution in [0.25, 0.3) is 0 Å². The third kappa shape index (κ3) is 5.61. The molecule has 0 aliphatic heterocycles. The summed E-state index contributed by atoms with van der Waals surface area (Å²) >= 11 is 0. The third-order valence-corrected chi connectivity index (χ3v) is 3.19. The summed E-state index contributed by atoms with van der Waals surface area (Å²) in [5.74, 6) is -1.34. The second kappa shape index (κ2) is 6.74. The van der Waals surface area contributed by atoms with Crippen LogP contribution in [0.3, 0.4) is 0 Å². The van der Waals surface area contributed by atoms with Crippen molar-refractivity contribution >= 4 is 12.0 Å². The van der Waals surface area contributed by atoms with Gasteiger partial charge >= 0.3 is 12.0 Å². The maximum Gasteiger partial charge on any atom is 0.315 e. The summed E-state index contributed by atoms with van der Waals surface area (Å²) in [7, 11) is 3.99. The predicted octanol–water partition coefficient (Wildman–Crippen LogP) is 0.903. The molecule has 2 atom stereocenters. The second-order valence-electron chi connectivity index (χ2n) is 6.40. The third-order valence-electron chi connectivity index (χ3n) is 3.19. The zero-order valence-corrected chi connectivity index (χ0v) is 12.6. The highest BCUT2D eigenvalue weighted by Gasteiger charge is 2.26. The van der Waals surface area contributed by atoms with Gasteiger partial charge in [0.25, 0.3) is 0 Å². The zero-order chi connectivity index (χ0) is 15.3. The number of rotatable bonds is 6. The maximum absolute atomic E-state index is 11.8. The number of nitrogens with zero attached hydrogens (tertiary/aromatic N) is 1. The molecule has 1 aliphatic rings. The molecule has 0 aromatic heterocycles. The van der Waals surface area contributed by atoms with Gasteiger partial charge in [0.1, 0.15) is 0 Å². The van der Waals surface area contributed by atoms with E-state index in [-0.39, 0.29) is 17.5 Å². The first-order valence-corrected chi connectivity index (χ1v) is 6.80. The Morgan fingerprint density at radius 3 is 2.50 bits per heavy atom. The first-order chi connectivity index (χ1) is 9.19. The molecule has 0 bridgehead atoms. The van der Waals surface area contributed by atoms with Gasteiger partial charge in [0.2, 0.25) is 0 Å². The minimum atomic E-state index is -0.849. The molecule has 0 spiro atoms. The van der Waals surface area contributed by atoms with Gasteiger partial charge in [0.05, 0.1) is 12.0 Å². The molecule has 0 radical (unpaired) electrons. The summed E-state index contributed by atoms with van der Waals surface area (Å²) in [6.07, 6.45) is 3.79. The number of amides is 2.